The summed E-state index contributed by atoms with van der Waals surface area (Å²) in [5, 5.41) is 0. The van der Waals surface area contributed by atoms with Crippen LogP contribution in [0.2, 0.25) is 0 Å². The number of benzene rings is 2. The van der Waals surface area contributed by atoms with E-state index in [9.17, 15) is 22.4 Å². The molecule has 3 rings (SSSR count). The number of carbonyl (C=O) groups excluding carboxylic acids is 1. The molecule has 1 saturated heterocycles. The van der Waals surface area contributed by atoms with Crippen LogP contribution in [0, 0.1) is 11.6 Å². The molecule has 0 bridgehead atoms. The molecule has 0 aliphatic carbocycles. The monoisotopic (exact) mass is 382 g/mol. The molecule has 1 amide bonds. The third-order valence-electron chi connectivity index (χ3n) is 4.41. The molecule has 144 valence electrons. The van der Waals surface area contributed by atoms with Crippen molar-refractivity contribution in [3.05, 3.63) is 65.2 Å². The van der Waals surface area contributed by atoms with E-state index in [2.05, 4.69) is 4.74 Å². The molecule has 8 heteroatoms. The van der Waals surface area contributed by atoms with E-state index in [0.29, 0.717) is 31.7 Å². The van der Waals surface area contributed by atoms with Crippen molar-refractivity contribution in [3.8, 4) is 5.75 Å². The van der Waals surface area contributed by atoms with Crippen LogP contribution >= 0.6 is 0 Å². The standard InChI is InChI=1S/C19H18F4N2O2/c20-16-3-1-2-14(17(16)21)12-24-8-10-25(11-9-24)18(26)13-4-6-15(7-5-13)27-19(22)23/h1-7,19H,8-12H2. The van der Waals surface area contributed by atoms with Gasteiger partial charge in [-0.25, -0.2) is 8.78 Å². The average molecular weight is 382 g/mol. The largest absolute Gasteiger partial charge is 0.435 e. The molecule has 1 aliphatic heterocycles. The van der Waals surface area contributed by atoms with E-state index in [4.69, 9.17) is 0 Å². The van der Waals surface area contributed by atoms with Gasteiger partial charge in [-0.1, -0.05) is 12.1 Å². The highest BCUT2D eigenvalue weighted by Gasteiger charge is 2.23. The fourth-order valence-electron chi connectivity index (χ4n) is 2.98. The number of amides is 1. The number of alkyl halides is 2. The molecule has 1 heterocycles. The molecular weight excluding hydrogens is 364 g/mol. The van der Waals surface area contributed by atoms with Gasteiger partial charge in [0.1, 0.15) is 5.75 Å². The van der Waals surface area contributed by atoms with Gasteiger partial charge in [-0.15, -0.1) is 0 Å². The summed E-state index contributed by atoms with van der Waals surface area (Å²) in [7, 11) is 0. The summed E-state index contributed by atoms with van der Waals surface area (Å²) < 4.78 is 55.7. The quantitative estimate of drug-likeness (QED) is 0.742. The Hall–Kier alpha value is -2.61. The second-order valence-electron chi connectivity index (χ2n) is 6.18. The molecule has 2 aromatic rings. The van der Waals surface area contributed by atoms with E-state index in [1.165, 1.54) is 30.3 Å². The maximum atomic E-state index is 13.8. The summed E-state index contributed by atoms with van der Waals surface area (Å²) in [4.78, 5) is 16.1. The molecule has 1 aliphatic rings. The first-order valence-electron chi connectivity index (χ1n) is 8.43. The van der Waals surface area contributed by atoms with Crippen molar-refractivity contribution in [2.75, 3.05) is 26.2 Å². The normalized spacial score (nSPS) is 15.2. The zero-order valence-corrected chi connectivity index (χ0v) is 14.4. The lowest BCUT2D eigenvalue weighted by molar-refractivity contribution is -0.0498. The van der Waals surface area contributed by atoms with E-state index in [-0.39, 0.29) is 23.8 Å². The van der Waals surface area contributed by atoms with Crippen molar-refractivity contribution in [3.63, 3.8) is 0 Å². The van der Waals surface area contributed by atoms with Gasteiger partial charge in [0, 0.05) is 43.9 Å². The minimum atomic E-state index is -2.91. The van der Waals surface area contributed by atoms with Crippen LogP contribution in [0.15, 0.2) is 42.5 Å². The summed E-state index contributed by atoms with van der Waals surface area (Å²) in [5.74, 6) is -1.94. The average Bonchev–Trinajstić information content (AvgIpc) is 2.66. The Morgan fingerprint density at radius 2 is 1.67 bits per heavy atom. The number of piperazine rings is 1. The fraction of sp³-hybridized carbons (Fsp3) is 0.316. The van der Waals surface area contributed by atoms with Crippen LogP contribution in [0.3, 0.4) is 0 Å². The van der Waals surface area contributed by atoms with E-state index < -0.39 is 18.2 Å². The van der Waals surface area contributed by atoms with Gasteiger partial charge < -0.3 is 9.64 Å². The van der Waals surface area contributed by atoms with Crippen molar-refractivity contribution in [1.82, 2.24) is 9.80 Å². The van der Waals surface area contributed by atoms with Gasteiger partial charge in [-0.3, -0.25) is 9.69 Å². The van der Waals surface area contributed by atoms with Gasteiger partial charge in [-0.2, -0.15) is 8.78 Å². The Balaban J connectivity index is 1.55. The van der Waals surface area contributed by atoms with E-state index in [1.807, 2.05) is 4.90 Å². The fourth-order valence-corrected chi connectivity index (χ4v) is 2.98. The molecule has 0 atom stereocenters. The smallest absolute Gasteiger partial charge is 0.387 e. The van der Waals surface area contributed by atoms with Crippen molar-refractivity contribution in [1.29, 1.82) is 0 Å². The topological polar surface area (TPSA) is 32.8 Å². The Morgan fingerprint density at radius 1 is 1.00 bits per heavy atom. The minimum absolute atomic E-state index is 0.0107. The number of nitrogens with zero attached hydrogens (tertiary/aromatic N) is 2. The molecule has 0 unspecified atom stereocenters. The molecular formula is C19H18F4N2O2. The highest BCUT2D eigenvalue weighted by Crippen LogP contribution is 2.18. The maximum absolute atomic E-state index is 13.8. The summed E-state index contributed by atoms with van der Waals surface area (Å²) in [6.45, 7) is -0.730. The molecule has 4 nitrogen and oxygen atoms in total. The second kappa shape index (κ2) is 8.39. The number of ether oxygens (including phenoxy) is 1. The van der Waals surface area contributed by atoms with Crippen LogP contribution in [0.1, 0.15) is 15.9 Å². The zero-order valence-electron chi connectivity index (χ0n) is 14.4. The molecule has 0 aromatic heterocycles. The number of hydrogen-bond donors (Lipinski definition) is 0. The van der Waals surface area contributed by atoms with Gasteiger partial charge in [0.15, 0.2) is 11.6 Å². The third-order valence-corrected chi connectivity index (χ3v) is 4.41. The molecule has 2 aromatic carbocycles. The molecule has 0 spiro atoms. The highest BCUT2D eigenvalue weighted by molar-refractivity contribution is 5.94. The van der Waals surface area contributed by atoms with Gasteiger partial charge in [-0.05, 0) is 30.3 Å². The van der Waals surface area contributed by atoms with Crippen LogP contribution in [-0.2, 0) is 6.54 Å². The molecule has 1 fully saturated rings. The van der Waals surface area contributed by atoms with Crippen LogP contribution < -0.4 is 4.74 Å². The van der Waals surface area contributed by atoms with Gasteiger partial charge in [0.25, 0.3) is 5.91 Å². The van der Waals surface area contributed by atoms with Gasteiger partial charge >= 0.3 is 6.61 Å². The molecule has 0 N–H and O–H groups in total. The lowest BCUT2D eigenvalue weighted by Crippen LogP contribution is -2.48. The number of carbonyl (C=O) groups is 1. The van der Waals surface area contributed by atoms with E-state index >= 15 is 0 Å². The first-order valence-corrected chi connectivity index (χ1v) is 8.43. The SMILES string of the molecule is O=C(c1ccc(OC(F)F)cc1)N1CCN(Cc2cccc(F)c2F)CC1. The maximum Gasteiger partial charge on any atom is 0.387 e. The predicted octanol–water partition coefficient (Wildman–Crippen LogP) is 3.52. The number of rotatable bonds is 5. The van der Waals surface area contributed by atoms with Crippen molar-refractivity contribution in [2.45, 2.75) is 13.2 Å². The predicted molar refractivity (Wildman–Crippen MR) is 90.6 cm³/mol. The lowest BCUT2D eigenvalue weighted by atomic mass is 10.1. The summed E-state index contributed by atoms with van der Waals surface area (Å²) in [6.07, 6.45) is 0. The summed E-state index contributed by atoms with van der Waals surface area (Å²) >= 11 is 0. The third kappa shape index (κ3) is 4.77. The van der Waals surface area contributed by atoms with Crippen molar-refractivity contribution >= 4 is 5.91 Å². The summed E-state index contributed by atoms with van der Waals surface area (Å²) in [5.41, 5.74) is 0.658. The summed E-state index contributed by atoms with van der Waals surface area (Å²) in [6, 6.07) is 9.61. The Bertz CT molecular complexity index is 791. The van der Waals surface area contributed by atoms with Crippen molar-refractivity contribution < 1.29 is 27.1 Å². The minimum Gasteiger partial charge on any atom is -0.435 e. The highest BCUT2D eigenvalue weighted by atomic mass is 19.3. The first kappa shape index (κ1) is 19.2. The molecule has 0 saturated carbocycles. The van der Waals surface area contributed by atoms with E-state index in [0.717, 1.165) is 6.07 Å². The lowest BCUT2D eigenvalue weighted by Gasteiger charge is -2.34. The van der Waals surface area contributed by atoms with Crippen LogP contribution in [0.25, 0.3) is 0 Å². The first-order chi connectivity index (χ1) is 12.9. The van der Waals surface area contributed by atoms with Crippen LogP contribution in [0.4, 0.5) is 17.6 Å². The molecule has 0 radical (unpaired) electrons. The number of hydrogen-bond acceptors (Lipinski definition) is 3. The van der Waals surface area contributed by atoms with Crippen LogP contribution in [0.5, 0.6) is 5.75 Å². The zero-order chi connectivity index (χ0) is 19.4. The van der Waals surface area contributed by atoms with Gasteiger partial charge in [0.05, 0.1) is 0 Å². The Kier molecular flexibility index (Phi) is 5.95. The second-order valence-corrected chi connectivity index (χ2v) is 6.18. The Morgan fingerprint density at radius 3 is 2.30 bits per heavy atom. The van der Waals surface area contributed by atoms with Gasteiger partial charge in [0.2, 0.25) is 0 Å². The molecule has 27 heavy (non-hydrogen) atoms. The van der Waals surface area contributed by atoms with Crippen molar-refractivity contribution in [2.24, 2.45) is 0 Å². The number of halogens is 4. The van der Waals surface area contributed by atoms with Crippen LogP contribution in [-0.4, -0.2) is 48.5 Å². The Labute approximate surface area is 153 Å². The van der Waals surface area contributed by atoms with E-state index in [1.54, 1.807) is 11.0 Å².